The summed E-state index contributed by atoms with van der Waals surface area (Å²) < 4.78 is 12.1. The Morgan fingerprint density at radius 2 is 2.18 bits per heavy atom. The van der Waals surface area contributed by atoms with Gasteiger partial charge < -0.3 is 29.8 Å². The molecule has 1 unspecified atom stereocenters. The average Bonchev–Trinajstić information content (AvgIpc) is 3.45. The SMILES string of the molecule is CCOC(=O)N1CCC(NC(=NCC(C)(O)c2cnn(C)c2)NCCc2ccco2)CC1.I. The molecule has 0 saturated carbocycles. The van der Waals surface area contributed by atoms with Crippen LogP contribution >= 0.6 is 24.0 Å². The smallest absolute Gasteiger partial charge is 0.409 e. The Kier molecular flexibility index (Phi) is 10.5. The Morgan fingerprint density at radius 3 is 2.79 bits per heavy atom. The Balaban J connectivity index is 0.00000385. The lowest BCUT2D eigenvalue weighted by molar-refractivity contribution is 0.0670. The second kappa shape index (κ2) is 12.8. The molecule has 1 aliphatic heterocycles. The monoisotopic (exact) mass is 574 g/mol. The highest BCUT2D eigenvalue weighted by atomic mass is 127. The Bertz CT molecular complexity index is 875. The number of piperidine rings is 1. The number of halogens is 1. The molecule has 3 heterocycles. The minimum absolute atomic E-state index is 0. The van der Waals surface area contributed by atoms with Gasteiger partial charge in [-0.2, -0.15) is 5.10 Å². The van der Waals surface area contributed by atoms with Gasteiger partial charge in [0, 0.05) is 50.9 Å². The van der Waals surface area contributed by atoms with Gasteiger partial charge in [-0.1, -0.05) is 0 Å². The van der Waals surface area contributed by atoms with Gasteiger partial charge in [0.05, 0.1) is 25.6 Å². The Hall–Kier alpha value is -2.28. The number of amides is 1. The number of aliphatic hydroxyl groups is 1. The molecule has 11 heteroatoms. The Labute approximate surface area is 211 Å². The number of rotatable bonds is 8. The van der Waals surface area contributed by atoms with Crippen molar-refractivity contribution in [3.05, 3.63) is 42.1 Å². The van der Waals surface area contributed by atoms with Crippen molar-refractivity contribution in [3.8, 4) is 0 Å². The van der Waals surface area contributed by atoms with Gasteiger partial charge >= 0.3 is 6.09 Å². The number of nitrogens with zero attached hydrogens (tertiary/aromatic N) is 4. The van der Waals surface area contributed by atoms with Crippen molar-refractivity contribution >= 4 is 36.0 Å². The molecule has 2 aromatic rings. The van der Waals surface area contributed by atoms with Gasteiger partial charge in [0.1, 0.15) is 11.4 Å². The number of aryl methyl sites for hydroxylation is 1. The molecular weight excluding hydrogens is 539 g/mol. The second-order valence-electron chi connectivity index (χ2n) is 8.20. The van der Waals surface area contributed by atoms with Crippen LogP contribution in [-0.2, 0) is 23.8 Å². The zero-order valence-corrected chi connectivity index (χ0v) is 21.8. The second-order valence-corrected chi connectivity index (χ2v) is 8.20. The maximum atomic E-state index is 11.9. The summed E-state index contributed by atoms with van der Waals surface area (Å²) in [5, 5.41) is 21.8. The molecule has 0 spiro atoms. The minimum atomic E-state index is -1.14. The number of carbonyl (C=O) groups is 1. The van der Waals surface area contributed by atoms with Crippen molar-refractivity contribution in [2.75, 3.05) is 32.8 Å². The zero-order chi connectivity index (χ0) is 23.0. The predicted octanol–water partition coefficient (Wildman–Crippen LogP) is 2.24. The number of hydrogen-bond acceptors (Lipinski definition) is 6. The van der Waals surface area contributed by atoms with E-state index in [1.807, 2.05) is 26.1 Å². The van der Waals surface area contributed by atoms with E-state index in [1.54, 1.807) is 35.2 Å². The number of nitrogens with one attached hydrogen (secondary N) is 2. The van der Waals surface area contributed by atoms with Crippen molar-refractivity contribution < 1.29 is 19.1 Å². The molecule has 33 heavy (non-hydrogen) atoms. The van der Waals surface area contributed by atoms with Crippen molar-refractivity contribution in [2.45, 2.75) is 44.8 Å². The van der Waals surface area contributed by atoms with Crippen LogP contribution in [0.2, 0.25) is 0 Å². The summed E-state index contributed by atoms with van der Waals surface area (Å²) in [6.07, 6.45) is 7.13. The van der Waals surface area contributed by atoms with Gasteiger partial charge in [-0.15, -0.1) is 24.0 Å². The van der Waals surface area contributed by atoms with Crippen LogP contribution in [0.1, 0.15) is 38.0 Å². The first-order valence-corrected chi connectivity index (χ1v) is 11.1. The average molecular weight is 574 g/mol. The third-order valence-electron chi connectivity index (χ3n) is 5.48. The fraction of sp³-hybridized carbons (Fsp3) is 0.591. The third kappa shape index (κ3) is 8.22. The van der Waals surface area contributed by atoms with Gasteiger partial charge in [0.2, 0.25) is 0 Å². The van der Waals surface area contributed by atoms with Crippen LogP contribution in [0.5, 0.6) is 0 Å². The van der Waals surface area contributed by atoms with Gasteiger partial charge in [0.25, 0.3) is 0 Å². The maximum absolute atomic E-state index is 11.9. The van der Waals surface area contributed by atoms with Crippen LogP contribution in [0.3, 0.4) is 0 Å². The first kappa shape index (κ1) is 27.0. The molecule has 1 aliphatic rings. The van der Waals surface area contributed by atoms with E-state index in [-0.39, 0.29) is 42.7 Å². The van der Waals surface area contributed by atoms with Gasteiger partial charge in [0.15, 0.2) is 5.96 Å². The fourth-order valence-electron chi connectivity index (χ4n) is 3.55. The highest BCUT2D eigenvalue weighted by Gasteiger charge is 2.26. The van der Waals surface area contributed by atoms with E-state index in [9.17, 15) is 9.90 Å². The summed E-state index contributed by atoms with van der Waals surface area (Å²) in [6.45, 7) is 5.99. The highest BCUT2D eigenvalue weighted by Crippen LogP contribution is 2.20. The quantitative estimate of drug-likeness (QED) is 0.252. The molecule has 3 rings (SSSR count). The van der Waals surface area contributed by atoms with Crippen LogP contribution in [0.4, 0.5) is 4.79 Å². The van der Waals surface area contributed by atoms with Crippen LogP contribution in [-0.4, -0.2) is 70.7 Å². The fourth-order valence-corrected chi connectivity index (χ4v) is 3.55. The largest absolute Gasteiger partial charge is 0.469 e. The summed E-state index contributed by atoms with van der Waals surface area (Å²) in [7, 11) is 1.81. The van der Waals surface area contributed by atoms with Crippen molar-refractivity contribution in [1.29, 1.82) is 0 Å². The molecule has 0 radical (unpaired) electrons. The molecule has 1 saturated heterocycles. The Morgan fingerprint density at radius 1 is 1.42 bits per heavy atom. The lowest BCUT2D eigenvalue weighted by Gasteiger charge is -2.32. The van der Waals surface area contributed by atoms with Crippen LogP contribution in [0.15, 0.2) is 40.2 Å². The first-order chi connectivity index (χ1) is 15.4. The number of guanidine groups is 1. The van der Waals surface area contributed by atoms with E-state index in [4.69, 9.17) is 9.15 Å². The number of aromatic nitrogens is 2. The molecule has 3 N–H and O–H groups in total. The molecule has 1 amide bonds. The van der Waals surface area contributed by atoms with Crippen molar-refractivity contribution in [2.24, 2.45) is 12.0 Å². The van der Waals surface area contributed by atoms with E-state index in [1.165, 1.54) is 0 Å². The number of aliphatic imine (C=N–C) groups is 1. The molecule has 1 fully saturated rings. The van der Waals surface area contributed by atoms with E-state index in [2.05, 4.69) is 20.7 Å². The minimum Gasteiger partial charge on any atom is -0.469 e. The summed E-state index contributed by atoms with van der Waals surface area (Å²) in [4.78, 5) is 18.3. The van der Waals surface area contributed by atoms with Crippen LogP contribution in [0, 0.1) is 0 Å². The van der Waals surface area contributed by atoms with E-state index in [0.717, 1.165) is 18.6 Å². The van der Waals surface area contributed by atoms with E-state index in [0.29, 0.717) is 44.2 Å². The highest BCUT2D eigenvalue weighted by molar-refractivity contribution is 14.0. The standard InChI is InChI=1S/C22H34N6O4.HI/c1-4-31-21(29)28-11-8-18(9-12-28)26-20(23-10-7-19-6-5-13-32-19)24-16-22(2,30)17-14-25-27(3)15-17;/h5-6,13-15,18,30H,4,7-12,16H2,1-3H3,(H2,23,24,26);1H. The summed E-state index contributed by atoms with van der Waals surface area (Å²) in [5.74, 6) is 1.51. The van der Waals surface area contributed by atoms with Gasteiger partial charge in [-0.05, 0) is 38.8 Å². The molecule has 10 nitrogen and oxygen atoms in total. The molecule has 2 aromatic heterocycles. The van der Waals surface area contributed by atoms with Gasteiger partial charge in [-0.25, -0.2) is 9.79 Å². The lowest BCUT2D eigenvalue weighted by atomic mass is 10.0. The molecule has 184 valence electrons. The maximum Gasteiger partial charge on any atom is 0.409 e. The molecule has 1 atom stereocenters. The van der Waals surface area contributed by atoms with Crippen LogP contribution in [0.25, 0.3) is 0 Å². The van der Waals surface area contributed by atoms with Crippen molar-refractivity contribution in [1.82, 2.24) is 25.3 Å². The molecule has 0 aliphatic carbocycles. The zero-order valence-electron chi connectivity index (χ0n) is 19.5. The number of likely N-dealkylation sites (tertiary alicyclic amines) is 1. The lowest BCUT2D eigenvalue weighted by Crippen LogP contribution is -2.50. The number of hydrogen-bond donors (Lipinski definition) is 3. The number of furan rings is 1. The molecular formula is C22H35IN6O4. The summed E-state index contributed by atoms with van der Waals surface area (Å²) >= 11 is 0. The topological polar surface area (TPSA) is 117 Å². The number of carbonyl (C=O) groups excluding carboxylic acids is 1. The summed E-state index contributed by atoms with van der Waals surface area (Å²) in [6, 6.07) is 3.97. The predicted molar refractivity (Wildman–Crippen MR) is 136 cm³/mol. The van der Waals surface area contributed by atoms with Gasteiger partial charge in [-0.3, -0.25) is 4.68 Å². The normalized spacial score (nSPS) is 16.6. The van der Waals surface area contributed by atoms with E-state index >= 15 is 0 Å². The summed E-state index contributed by atoms with van der Waals surface area (Å²) in [5.41, 5.74) is -0.432. The molecule has 0 aromatic carbocycles. The number of ether oxygens (including phenoxy) is 1. The van der Waals surface area contributed by atoms with E-state index < -0.39 is 5.60 Å². The van der Waals surface area contributed by atoms with Crippen LogP contribution < -0.4 is 10.6 Å². The first-order valence-electron chi connectivity index (χ1n) is 11.1. The molecule has 0 bridgehead atoms. The third-order valence-corrected chi connectivity index (χ3v) is 5.48. The van der Waals surface area contributed by atoms with Crippen molar-refractivity contribution in [3.63, 3.8) is 0 Å².